The molecule has 30 heavy (non-hydrogen) atoms. The molecule has 2 bridgehead atoms. The van der Waals surface area contributed by atoms with Gasteiger partial charge in [0.2, 0.25) is 0 Å². The van der Waals surface area contributed by atoms with Crippen LogP contribution in [0.5, 0.6) is 0 Å². The molecule has 1 aromatic carbocycles. The second kappa shape index (κ2) is 7.09. The van der Waals surface area contributed by atoms with Crippen LogP contribution in [0.1, 0.15) is 29.5 Å². The Hall–Kier alpha value is -3.48. The van der Waals surface area contributed by atoms with E-state index in [9.17, 15) is 14.4 Å². The molecule has 1 saturated heterocycles. The van der Waals surface area contributed by atoms with Gasteiger partial charge in [0.25, 0.3) is 11.8 Å². The largest absolute Gasteiger partial charge is 0.462 e. The summed E-state index contributed by atoms with van der Waals surface area (Å²) in [6.07, 6.45) is 6.38. The van der Waals surface area contributed by atoms with Crippen molar-refractivity contribution in [3.63, 3.8) is 0 Å². The highest BCUT2D eigenvalue weighted by atomic mass is 16.5. The lowest BCUT2D eigenvalue weighted by Crippen LogP contribution is -2.28. The van der Waals surface area contributed by atoms with Gasteiger partial charge in [-0.1, -0.05) is 24.3 Å². The van der Waals surface area contributed by atoms with Crippen molar-refractivity contribution in [3.8, 4) is 11.3 Å². The van der Waals surface area contributed by atoms with Crippen molar-refractivity contribution < 1.29 is 23.5 Å². The SMILES string of the molecule is CCOC(=O)c1ccc(-c2ccc(/C=N\N3C(=O)[C@@H]4[C@@H](C3=O)[C@H]3C=C[C@@H]4C3)o2)cc1. The lowest BCUT2D eigenvalue weighted by Gasteiger charge is -2.13. The number of furan rings is 1. The van der Waals surface area contributed by atoms with Gasteiger partial charge in [0.05, 0.1) is 30.2 Å². The van der Waals surface area contributed by atoms with E-state index < -0.39 is 0 Å². The monoisotopic (exact) mass is 404 g/mol. The molecule has 4 atom stereocenters. The Balaban J connectivity index is 1.30. The van der Waals surface area contributed by atoms with Crippen LogP contribution in [0.25, 0.3) is 11.3 Å². The number of imide groups is 1. The number of hydrazone groups is 1. The van der Waals surface area contributed by atoms with Crippen LogP contribution in [0.2, 0.25) is 0 Å². The van der Waals surface area contributed by atoms with Crippen LogP contribution in [-0.2, 0) is 14.3 Å². The fourth-order valence-corrected chi connectivity index (χ4v) is 4.68. The minimum absolute atomic E-state index is 0.157. The number of nitrogens with zero attached hydrogens (tertiary/aromatic N) is 2. The first-order chi connectivity index (χ1) is 14.6. The van der Waals surface area contributed by atoms with Crippen LogP contribution < -0.4 is 0 Å². The summed E-state index contributed by atoms with van der Waals surface area (Å²) in [5.74, 6) is -0.0230. The molecule has 2 aliphatic carbocycles. The molecule has 1 aliphatic heterocycles. The number of hydrogen-bond donors (Lipinski definition) is 0. The first kappa shape index (κ1) is 18.5. The van der Waals surface area contributed by atoms with Crippen molar-refractivity contribution in [2.75, 3.05) is 6.61 Å². The number of rotatable bonds is 5. The topological polar surface area (TPSA) is 89.2 Å². The van der Waals surface area contributed by atoms with Crippen LogP contribution in [0.3, 0.4) is 0 Å². The number of ether oxygens (including phenoxy) is 1. The summed E-state index contributed by atoms with van der Waals surface area (Å²) >= 11 is 0. The molecule has 0 unspecified atom stereocenters. The molecule has 0 spiro atoms. The number of esters is 1. The number of allylic oxidation sites excluding steroid dienone is 2. The van der Waals surface area contributed by atoms with Gasteiger partial charge in [-0.3, -0.25) is 9.59 Å². The number of amides is 2. The normalized spacial score (nSPS) is 26.8. The summed E-state index contributed by atoms with van der Waals surface area (Å²) in [5.41, 5.74) is 1.25. The summed E-state index contributed by atoms with van der Waals surface area (Å²) in [5, 5.41) is 5.12. The number of benzene rings is 1. The quantitative estimate of drug-likeness (QED) is 0.330. The molecule has 0 N–H and O–H groups in total. The van der Waals surface area contributed by atoms with Crippen LogP contribution >= 0.6 is 0 Å². The maximum Gasteiger partial charge on any atom is 0.338 e. The summed E-state index contributed by atoms with van der Waals surface area (Å²) in [6.45, 7) is 2.08. The van der Waals surface area contributed by atoms with Crippen molar-refractivity contribution in [1.29, 1.82) is 0 Å². The lowest BCUT2D eigenvalue weighted by atomic mass is 9.85. The Morgan fingerprint density at radius 2 is 1.77 bits per heavy atom. The molecule has 3 aliphatic rings. The summed E-state index contributed by atoms with van der Waals surface area (Å²) in [6, 6.07) is 10.4. The molecule has 2 heterocycles. The zero-order chi connectivity index (χ0) is 20.8. The van der Waals surface area contributed by atoms with Crippen molar-refractivity contribution in [1.82, 2.24) is 5.01 Å². The van der Waals surface area contributed by atoms with E-state index in [1.807, 2.05) is 0 Å². The van der Waals surface area contributed by atoms with E-state index in [-0.39, 0.29) is 41.5 Å². The van der Waals surface area contributed by atoms with Crippen LogP contribution in [0.15, 0.2) is 58.1 Å². The van der Waals surface area contributed by atoms with E-state index in [0.29, 0.717) is 23.7 Å². The molecule has 5 rings (SSSR count). The Morgan fingerprint density at radius 3 is 2.40 bits per heavy atom. The average molecular weight is 404 g/mol. The zero-order valence-electron chi connectivity index (χ0n) is 16.4. The highest BCUT2D eigenvalue weighted by Gasteiger charge is 2.59. The van der Waals surface area contributed by atoms with E-state index in [1.165, 1.54) is 6.21 Å². The first-order valence-corrected chi connectivity index (χ1v) is 10.0. The molecule has 2 aromatic rings. The van der Waals surface area contributed by atoms with Gasteiger partial charge in [0, 0.05) is 5.56 Å². The Labute approximate surface area is 173 Å². The third-order valence-corrected chi connectivity index (χ3v) is 6.05. The van der Waals surface area contributed by atoms with Gasteiger partial charge in [-0.15, -0.1) is 0 Å². The van der Waals surface area contributed by atoms with Crippen LogP contribution in [0.4, 0.5) is 0 Å². The minimum atomic E-state index is -0.371. The molecule has 2 fully saturated rings. The Morgan fingerprint density at radius 1 is 1.10 bits per heavy atom. The van der Waals surface area contributed by atoms with E-state index in [2.05, 4.69) is 17.3 Å². The summed E-state index contributed by atoms with van der Waals surface area (Å²) in [4.78, 5) is 37.1. The molecule has 7 heteroatoms. The average Bonchev–Trinajstić information content (AvgIpc) is 3.52. The van der Waals surface area contributed by atoms with Crippen molar-refractivity contribution >= 4 is 24.0 Å². The lowest BCUT2D eigenvalue weighted by molar-refractivity contribution is -0.140. The smallest absolute Gasteiger partial charge is 0.338 e. The molecule has 1 saturated carbocycles. The van der Waals surface area contributed by atoms with Gasteiger partial charge >= 0.3 is 5.97 Å². The Kier molecular flexibility index (Phi) is 4.38. The predicted molar refractivity (Wildman–Crippen MR) is 107 cm³/mol. The molecule has 0 radical (unpaired) electrons. The molecule has 152 valence electrons. The molecule has 2 amide bonds. The van der Waals surface area contributed by atoms with Gasteiger partial charge in [0.15, 0.2) is 0 Å². The van der Waals surface area contributed by atoms with E-state index in [1.54, 1.807) is 43.3 Å². The van der Waals surface area contributed by atoms with Gasteiger partial charge in [-0.05, 0) is 49.4 Å². The number of carbonyl (C=O) groups excluding carboxylic acids is 3. The van der Waals surface area contributed by atoms with Crippen LogP contribution in [-0.4, -0.2) is 35.6 Å². The molecule has 7 nitrogen and oxygen atoms in total. The van der Waals surface area contributed by atoms with E-state index in [0.717, 1.165) is 17.0 Å². The maximum atomic E-state index is 12.7. The van der Waals surface area contributed by atoms with E-state index >= 15 is 0 Å². The van der Waals surface area contributed by atoms with Gasteiger partial charge in [-0.25, -0.2) is 4.79 Å². The highest BCUT2D eigenvalue weighted by molar-refractivity contribution is 6.06. The molecular formula is C23H20N2O5. The fourth-order valence-electron chi connectivity index (χ4n) is 4.68. The number of fused-ring (bicyclic) bond motifs is 5. The van der Waals surface area contributed by atoms with E-state index in [4.69, 9.17) is 9.15 Å². The third kappa shape index (κ3) is 2.89. The van der Waals surface area contributed by atoms with Crippen molar-refractivity contribution in [2.24, 2.45) is 28.8 Å². The van der Waals surface area contributed by atoms with Gasteiger partial charge < -0.3 is 9.15 Å². The molecule has 1 aromatic heterocycles. The second-order valence-electron chi connectivity index (χ2n) is 7.73. The Bertz CT molecular complexity index is 1050. The van der Waals surface area contributed by atoms with Gasteiger partial charge in [-0.2, -0.15) is 10.1 Å². The predicted octanol–water partition coefficient (Wildman–Crippen LogP) is 3.26. The third-order valence-electron chi connectivity index (χ3n) is 6.05. The summed E-state index contributed by atoms with van der Waals surface area (Å²) < 4.78 is 10.7. The second-order valence-corrected chi connectivity index (χ2v) is 7.73. The van der Waals surface area contributed by atoms with Gasteiger partial charge in [0.1, 0.15) is 11.5 Å². The van der Waals surface area contributed by atoms with Crippen molar-refractivity contribution in [2.45, 2.75) is 13.3 Å². The van der Waals surface area contributed by atoms with Crippen LogP contribution in [0, 0.1) is 23.7 Å². The zero-order valence-corrected chi connectivity index (χ0v) is 16.4. The highest BCUT2D eigenvalue weighted by Crippen LogP contribution is 2.52. The summed E-state index contributed by atoms with van der Waals surface area (Å²) in [7, 11) is 0. The fraction of sp³-hybridized carbons (Fsp3) is 0.304. The number of carbonyl (C=O) groups is 3. The first-order valence-electron chi connectivity index (χ1n) is 10.0. The number of hydrogen-bond acceptors (Lipinski definition) is 6. The standard InChI is InChI=1S/C23H20N2O5/c1-2-29-23(28)14-5-3-13(4-6-14)18-10-9-17(30-18)12-24-25-21(26)19-15-7-8-16(11-15)20(19)22(25)27/h3-10,12,15-16,19-20H,2,11H2,1H3/b24-12-/t15-,16+,19-,20-/m0/s1. The molecular weight excluding hydrogens is 384 g/mol. The minimum Gasteiger partial charge on any atom is -0.462 e. The van der Waals surface area contributed by atoms with Crippen molar-refractivity contribution in [3.05, 3.63) is 59.9 Å². The maximum absolute atomic E-state index is 12.7.